The van der Waals surface area contributed by atoms with Gasteiger partial charge in [-0.1, -0.05) is 20.4 Å². The summed E-state index contributed by atoms with van der Waals surface area (Å²) in [6, 6.07) is 0. The van der Waals surface area contributed by atoms with Crippen molar-refractivity contribution in [3.8, 4) is 0 Å². The van der Waals surface area contributed by atoms with Crippen molar-refractivity contribution in [3.63, 3.8) is 0 Å². The number of hydrogen-bond acceptors (Lipinski definition) is 9. The number of aromatic nitrogens is 2. The maximum absolute atomic E-state index is 14.4. The maximum atomic E-state index is 14.4. The highest BCUT2D eigenvalue weighted by atomic mass is 16.6. The van der Waals surface area contributed by atoms with Crippen LogP contribution < -0.4 is 0 Å². The second kappa shape index (κ2) is 6.19. The predicted molar refractivity (Wildman–Crippen MR) is 118 cm³/mol. The van der Waals surface area contributed by atoms with Crippen molar-refractivity contribution >= 4 is 11.8 Å². The molecule has 0 aromatic carbocycles. The standard InChI is InChI=1S/C26H30N2O7/c1-12-13-4-5-15-23-11-34-26(33,19(30)18(23)22(2,3)7-6-16(23)29)24(15)17(13)25(12,21(24)32)35-20(31)14-10-27-8-9-28-14/h8-10,13,15-19,29-30,33H,1,4-7,11H2,2-3H3/t13-,15-,16-,17+,18+,19-,23+,24+,25-,26?/m0/s1. The van der Waals surface area contributed by atoms with Gasteiger partial charge in [-0.05, 0) is 48.5 Å². The lowest BCUT2D eigenvalue weighted by atomic mass is 9.21. The molecule has 2 bridgehead atoms. The molecule has 7 aliphatic rings. The fraction of sp³-hybridized carbons (Fsp3) is 0.692. The molecular weight excluding hydrogens is 452 g/mol. The molecule has 5 saturated carbocycles. The number of ether oxygens (including phenoxy) is 2. The van der Waals surface area contributed by atoms with E-state index < -0.39 is 63.9 Å². The number of carbonyl (C=O) groups excluding carboxylic acids is 2. The van der Waals surface area contributed by atoms with Gasteiger partial charge in [0.1, 0.15) is 11.5 Å². The quantitative estimate of drug-likeness (QED) is 0.417. The molecule has 9 nitrogen and oxygen atoms in total. The number of hydrogen-bond donors (Lipinski definition) is 3. The average molecular weight is 483 g/mol. The van der Waals surface area contributed by atoms with E-state index in [1.807, 2.05) is 0 Å². The number of rotatable bonds is 2. The largest absolute Gasteiger partial charge is 0.441 e. The van der Waals surface area contributed by atoms with E-state index in [0.717, 1.165) is 0 Å². The van der Waals surface area contributed by atoms with Crippen LogP contribution in [-0.2, 0) is 14.3 Å². The highest BCUT2D eigenvalue weighted by molar-refractivity contribution is 6.09. The molecule has 0 radical (unpaired) electrons. The van der Waals surface area contributed by atoms with Gasteiger partial charge < -0.3 is 24.8 Å². The fourth-order valence-electron chi connectivity index (χ4n) is 9.79. The number of ketones is 1. The minimum absolute atomic E-state index is 0.0255. The van der Waals surface area contributed by atoms with Crippen molar-refractivity contribution in [3.05, 3.63) is 36.4 Å². The minimum atomic E-state index is -2.12. The van der Waals surface area contributed by atoms with Crippen molar-refractivity contribution in [1.29, 1.82) is 0 Å². The van der Waals surface area contributed by atoms with Gasteiger partial charge in [0.05, 0.1) is 18.9 Å². The minimum Gasteiger partial charge on any atom is -0.441 e. The van der Waals surface area contributed by atoms with Gasteiger partial charge in [-0.3, -0.25) is 9.78 Å². The van der Waals surface area contributed by atoms with Crippen LogP contribution in [0.15, 0.2) is 30.7 Å². The summed E-state index contributed by atoms with van der Waals surface area (Å²) in [6.07, 6.45) is 4.48. The maximum Gasteiger partial charge on any atom is 0.359 e. The number of Topliss-reactive ketones (excluding diaryl/α,β-unsaturated/α-hetero) is 1. The molecule has 186 valence electrons. The van der Waals surface area contributed by atoms with Crippen molar-refractivity contribution in [2.75, 3.05) is 6.61 Å². The van der Waals surface area contributed by atoms with Crippen molar-refractivity contribution in [1.82, 2.24) is 9.97 Å². The van der Waals surface area contributed by atoms with Crippen LogP contribution in [0.4, 0.5) is 0 Å². The van der Waals surface area contributed by atoms with Gasteiger partial charge in [-0.15, -0.1) is 0 Å². The molecule has 2 saturated heterocycles. The lowest BCUT2D eigenvalue weighted by molar-refractivity contribution is -0.483. The zero-order valence-corrected chi connectivity index (χ0v) is 19.8. The Morgan fingerprint density at radius 2 is 1.97 bits per heavy atom. The Morgan fingerprint density at radius 1 is 1.20 bits per heavy atom. The highest BCUT2D eigenvalue weighted by Gasteiger charge is 2.97. The van der Waals surface area contributed by atoms with E-state index >= 15 is 0 Å². The summed E-state index contributed by atoms with van der Waals surface area (Å²) in [7, 11) is 0. The lowest BCUT2D eigenvalue weighted by Crippen LogP contribution is -2.97. The third-order valence-corrected chi connectivity index (χ3v) is 10.9. The van der Waals surface area contributed by atoms with E-state index in [1.54, 1.807) is 0 Å². The van der Waals surface area contributed by atoms with E-state index in [-0.39, 0.29) is 23.6 Å². The first-order valence-electron chi connectivity index (χ1n) is 12.5. The number of fused-ring (bicyclic) bond motifs is 1. The summed E-state index contributed by atoms with van der Waals surface area (Å²) >= 11 is 0. The summed E-state index contributed by atoms with van der Waals surface area (Å²) in [4.78, 5) is 35.2. The molecule has 2 spiro atoms. The van der Waals surface area contributed by atoms with Gasteiger partial charge in [0.2, 0.25) is 5.79 Å². The summed E-state index contributed by atoms with van der Waals surface area (Å²) in [6.45, 7) is 8.31. The number of esters is 1. The van der Waals surface area contributed by atoms with E-state index in [1.165, 1.54) is 18.6 Å². The number of nitrogens with zero attached hydrogens (tertiary/aromatic N) is 2. The van der Waals surface area contributed by atoms with Crippen molar-refractivity contribution in [2.45, 2.75) is 63.1 Å². The normalized spacial score (nSPS) is 52.4. The molecule has 10 atom stereocenters. The number of aliphatic hydroxyl groups excluding tert-OH is 2. The first kappa shape index (κ1) is 22.0. The molecule has 1 unspecified atom stereocenters. The molecule has 2 aliphatic heterocycles. The Bertz CT molecular complexity index is 1190. The van der Waals surface area contributed by atoms with E-state index in [0.29, 0.717) is 31.3 Å². The Morgan fingerprint density at radius 3 is 2.69 bits per heavy atom. The second-order valence-corrected chi connectivity index (χ2v) is 12.2. The smallest absolute Gasteiger partial charge is 0.359 e. The molecule has 1 aromatic heterocycles. The molecule has 5 aliphatic carbocycles. The summed E-state index contributed by atoms with van der Waals surface area (Å²) in [5, 5.41) is 35.3. The average Bonchev–Trinajstić information content (AvgIpc) is 2.85. The first-order chi connectivity index (χ1) is 16.5. The fourth-order valence-corrected chi connectivity index (χ4v) is 9.79. The molecule has 35 heavy (non-hydrogen) atoms. The first-order valence-corrected chi connectivity index (χ1v) is 12.5. The molecule has 3 N–H and O–H groups in total. The Balaban J connectivity index is 1.37. The molecular formula is C26H30N2O7. The third kappa shape index (κ3) is 1.97. The van der Waals surface area contributed by atoms with Crippen LogP contribution in [0.5, 0.6) is 0 Å². The van der Waals surface area contributed by atoms with Crippen LogP contribution in [0.25, 0.3) is 0 Å². The van der Waals surface area contributed by atoms with Crippen LogP contribution in [0.3, 0.4) is 0 Å². The molecule has 9 heteroatoms. The predicted octanol–water partition coefficient (Wildman–Crippen LogP) is 1.03. The molecule has 3 heterocycles. The van der Waals surface area contributed by atoms with Crippen molar-refractivity contribution < 1.29 is 34.4 Å². The number of aliphatic hydroxyl groups is 3. The Labute approximate surface area is 202 Å². The van der Waals surface area contributed by atoms with Gasteiger partial charge >= 0.3 is 5.97 Å². The Hall–Kier alpha value is -2.20. The van der Waals surface area contributed by atoms with Crippen LogP contribution in [0.1, 0.15) is 50.0 Å². The Kier molecular flexibility index (Phi) is 3.90. The number of carbonyl (C=O) groups is 2. The zero-order chi connectivity index (χ0) is 24.8. The monoisotopic (exact) mass is 482 g/mol. The summed E-state index contributed by atoms with van der Waals surface area (Å²) in [5.74, 6) is -4.95. The van der Waals surface area contributed by atoms with Crippen LogP contribution >= 0.6 is 0 Å². The molecule has 8 rings (SSSR count). The molecule has 1 aromatic rings. The second-order valence-electron chi connectivity index (χ2n) is 12.2. The topological polar surface area (TPSA) is 139 Å². The lowest BCUT2D eigenvalue weighted by Gasteiger charge is -2.84. The summed E-state index contributed by atoms with van der Waals surface area (Å²) < 4.78 is 11.9. The van der Waals surface area contributed by atoms with Crippen LogP contribution in [-0.4, -0.2) is 67.2 Å². The van der Waals surface area contributed by atoms with Gasteiger partial charge in [-0.25, -0.2) is 9.78 Å². The van der Waals surface area contributed by atoms with E-state index in [2.05, 4.69) is 30.4 Å². The molecule has 0 amide bonds. The SMILES string of the molecule is C=C1[C@@H]2CC[C@H]3[C@@]45COC(O)([C@@H](O)[C@@H]4C(C)(C)CC[C@@H]5O)[C@]34C(=O)[C@@]1(OC(=O)c1cnccn1)[C@H]24. The summed E-state index contributed by atoms with van der Waals surface area (Å²) in [5.41, 5.74) is -3.79. The van der Waals surface area contributed by atoms with E-state index in [4.69, 9.17) is 9.47 Å². The van der Waals surface area contributed by atoms with Crippen LogP contribution in [0.2, 0.25) is 0 Å². The van der Waals surface area contributed by atoms with Gasteiger partial charge in [0.25, 0.3) is 0 Å². The molecule has 7 fully saturated rings. The van der Waals surface area contributed by atoms with Gasteiger partial charge in [0, 0.05) is 29.6 Å². The van der Waals surface area contributed by atoms with Gasteiger partial charge in [-0.2, -0.15) is 0 Å². The van der Waals surface area contributed by atoms with E-state index in [9.17, 15) is 24.9 Å². The van der Waals surface area contributed by atoms with Gasteiger partial charge in [0.15, 0.2) is 17.1 Å². The highest BCUT2D eigenvalue weighted by Crippen LogP contribution is 2.85. The zero-order valence-electron chi connectivity index (χ0n) is 19.8. The van der Waals surface area contributed by atoms with Crippen molar-refractivity contribution in [2.24, 2.45) is 39.9 Å². The van der Waals surface area contributed by atoms with Crippen LogP contribution in [0, 0.1) is 39.9 Å². The third-order valence-electron chi connectivity index (χ3n) is 10.9.